The van der Waals surface area contributed by atoms with Crippen LogP contribution >= 0.6 is 11.3 Å². The number of nitrogens with one attached hydrogen (secondary N) is 2. The first-order chi connectivity index (χ1) is 18.5. The number of alkyl carbamates (subject to hydrolysis) is 1. The fraction of sp³-hybridized carbons (Fsp3) is 0.214. The first-order valence-corrected chi connectivity index (χ1v) is 13.2. The molecule has 38 heavy (non-hydrogen) atoms. The number of thiazole rings is 1. The highest BCUT2D eigenvalue weighted by molar-refractivity contribution is 7.07. The minimum Gasteiger partial charge on any atom is -0.448 e. The van der Waals surface area contributed by atoms with E-state index in [-0.39, 0.29) is 0 Å². The number of carbonyl (C=O) groups excluding carboxylic acids is 1. The van der Waals surface area contributed by atoms with Gasteiger partial charge in [0.15, 0.2) is 11.6 Å². The molecule has 0 bridgehead atoms. The van der Waals surface area contributed by atoms with E-state index in [2.05, 4.69) is 31.7 Å². The van der Waals surface area contributed by atoms with Gasteiger partial charge >= 0.3 is 6.09 Å². The molecule has 0 saturated heterocycles. The molecule has 0 unspecified atom stereocenters. The third-order valence-corrected chi connectivity index (χ3v) is 6.60. The number of para-hydroxylation sites is 1. The van der Waals surface area contributed by atoms with Crippen LogP contribution in [-0.4, -0.2) is 45.3 Å². The van der Waals surface area contributed by atoms with E-state index in [0.29, 0.717) is 44.1 Å². The van der Waals surface area contributed by atoms with Gasteiger partial charge in [0, 0.05) is 36.9 Å². The second-order valence-electron chi connectivity index (χ2n) is 9.05. The molecule has 5 rings (SSSR count). The van der Waals surface area contributed by atoms with E-state index in [1.54, 1.807) is 5.51 Å². The van der Waals surface area contributed by atoms with Gasteiger partial charge in [-0.3, -0.25) is 0 Å². The number of fused-ring (bicyclic) bond motifs is 3. The first-order valence-electron chi connectivity index (χ1n) is 12.3. The molecular weight excluding hydrogens is 498 g/mol. The molecule has 0 aliphatic carbocycles. The van der Waals surface area contributed by atoms with Gasteiger partial charge in [-0.1, -0.05) is 54.6 Å². The van der Waals surface area contributed by atoms with Crippen molar-refractivity contribution in [1.29, 1.82) is 0 Å². The number of nitrogens with zero attached hydrogens (tertiary/aromatic N) is 4. The summed E-state index contributed by atoms with van der Waals surface area (Å²) in [6.45, 7) is 8.31. The van der Waals surface area contributed by atoms with Gasteiger partial charge in [0.25, 0.3) is 0 Å². The Morgan fingerprint density at radius 1 is 1.13 bits per heavy atom. The van der Waals surface area contributed by atoms with Crippen molar-refractivity contribution in [2.45, 2.75) is 20.0 Å². The molecule has 3 aromatic heterocycles. The molecule has 0 aliphatic heterocycles. The topological polar surface area (TPSA) is 120 Å². The van der Waals surface area contributed by atoms with Gasteiger partial charge < -0.3 is 25.7 Å². The zero-order valence-electron chi connectivity index (χ0n) is 21.1. The van der Waals surface area contributed by atoms with E-state index in [1.807, 2.05) is 60.8 Å². The number of nitrogens with two attached hydrogens (primary N) is 1. The number of imidazole rings is 1. The fourth-order valence-electron chi connectivity index (χ4n) is 4.22. The van der Waals surface area contributed by atoms with Crippen LogP contribution in [-0.2, 0) is 17.8 Å². The molecule has 0 radical (unpaired) electrons. The molecule has 4 N–H and O–H groups in total. The smallest absolute Gasteiger partial charge is 0.407 e. The summed E-state index contributed by atoms with van der Waals surface area (Å²) in [7, 11) is 0. The van der Waals surface area contributed by atoms with Crippen molar-refractivity contribution >= 4 is 45.2 Å². The summed E-state index contributed by atoms with van der Waals surface area (Å²) in [6.07, 6.45) is -0.443. The van der Waals surface area contributed by atoms with E-state index in [4.69, 9.17) is 15.5 Å². The zero-order valence-corrected chi connectivity index (χ0v) is 21.9. The molecule has 194 valence electrons. The minimum absolute atomic E-state index is 0.299. The van der Waals surface area contributed by atoms with Crippen molar-refractivity contribution in [3.8, 4) is 11.5 Å². The second-order valence-corrected chi connectivity index (χ2v) is 9.77. The van der Waals surface area contributed by atoms with Gasteiger partial charge in [0.2, 0.25) is 0 Å². The Labute approximate surface area is 224 Å². The molecule has 1 amide bonds. The molecule has 9 nitrogen and oxygen atoms in total. The summed E-state index contributed by atoms with van der Waals surface area (Å²) in [6, 6.07) is 16.0. The van der Waals surface area contributed by atoms with Gasteiger partial charge in [-0.25, -0.2) is 19.7 Å². The first kappa shape index (κ1) is 25.4. The number of hydrogen-bond acceptors (Lipinski definition) is 8. The SMILES string of the molecule is C=C(C)CNCCOC(=O)NCc1ccc(Cn2c(-c3cscn3)nc3c(N)nc4ccccc4c32)cc1. The van der Waals surface area contributed by atoms with E-state index >= 15 is 0 Å². The van der Waals surface area contributed by atoms with Crippen molar-refractivity contribution in [1.82, 2.24) is 30.2 Å². The van der Waals surface area contributed by atoms with E-state index in [1.165, 1.54) is 11.3 Å². The van der Waals surface area contributed by atoms with E-state index in [9.17, 15) is 4.79 Å². The van der Waals surface area contributed by atoms with Crippen LogP contribution in [0.1, 0.15) is 18.1 Å². The Morgan fingerprint density at radius 3 is 2.68 bits per heavy atom. The van der Waals surface area contributed by atoms with Crippen molar-refractivity contribution in [2.24, 2.45) is 0 Å². The lowest BCUT2D eigenvalue weighted by Crippen LogP contribution is -2.28. The lowest BCUT2D eigenvalue weighted by atomic mass is 10.1. The molecule has 10 heteroatoms. The Balaban J connectivity index is 1.32. The molecule has 5 aromatic rings. The summed E-state index contributed by atoms with van der Waals surface area (Å²) in [5, 5.41) is 8.91. The number of ether oxygens (including phenoxy) is 1. The Hall–Kier alpha value is -4.28. The van der Waals surface area contributed by atoms with Crippen molar-refractivity contribution in [3.63, 3.8) is 0 Å². The third kappa shape index (κ3) is 5.66. The normalized spacial score (nSPS) is 11.2. The quantitative estimate of drug-likeness (QED) is 0.177. The maximum atomic E-state index is 12.0. The van der Waals surface area contributed by atoms with Crippen LogP contribution in [0.3, 0.4) is 0 Å². The Bertz CT molecular complexity index is 1580. The molecular formula is C28H29N7O2S. The molecule has 0 aliphatic rings. The maximum absolute atomic E-state index is 12.0. The van der Waals surface area contributed by atoms with E-state index < -0.39 is 6.09 Å². The standard InChI is InChI=1S/C28H29N7O2S/c1-18(2)13-30-11-12-37-28(36)31-14-19-7-9-20(10-8-19)15-35-25-21-5-3-4-6-22(21)33-26(29)24(25)34-27(35)23-16-38-17-32-23/h3-10,16-17,30H,1,11-15H2,2H3,(H2,29,33)(H,31,36). The Kier molecular flexibility index (Phi) is 7.62. The predicted octanol–water partition coefficient (Wildman–Crippen LogP) is 4.73. The summed E-state index contributed by atoms with van der Waals surface area (Å²) < 4.78 is 7.35. The summed E-state index contributed by atoms with van der Waals surface area (Å²) >= 11 is 1.52. The van der Waals surface area contributed by atoms with Gasteiger partial charge in [0.05, 0.1) is 16.5 Å². The van der Waals surface area contributed by atoms with E-state index in [0.717, 1.165) is 44.6 Å². The average Bonchev–Trinajstić information content (AvgIpc) is 3.57. The molecule has 0 atom stereocenters. The zero-order chi connectivity index (χ0) is 26.5. The largest absolute Gasteiger partial charge is 0.448 e. The third-order valence-electron chi connectivity index (χ3n) is 6.01. The second kappa shape index (κ2) is 11.4. The maximum Gasteiger partial charge on any atom is 0.407 e. The number of hydrogen-bond donors (Lipinski definition) is 3. The van der Waals surface area contributed by atoms with Crippen molar-refractivity contribution in [3.05, 3.63) is 82.7 Å². The lowest BCUT2D eigenvalue weighted by molar-refractivity contribution is 0.146. The number of carbonyl (C=O) groups is 1. The van der Waals surface area contributed by atoms with Crippen molar-refractivity contribution in [2.75, 3.05) is 25.4 Å². The minimum atomic E-state index is -0.443. The number of pyridine rings is 1. The average molecular weight is 528 g/mol. The molecule has 2 aromatic carbocycles. The van der Waals surface area contributed by atoms with Gasteiger partial charge in [-0.2, -0.15) is 0 Å². The fourth-order valence-corrected chi connectivity index (χ4v) is 4.75. The van der Waals surface area contributed by atoms with Crippen molar-refractivity contribution < 1.29 is 9.53 Å². The summed E-state index contributed by atoms with van der Waals surface area (Å²) in [4.78, 5) is 25.9. The lowest BCUT2D eigenvalue weighted by Gasteiger charge is -2.11. The number of rotatable bonds is 10. The summed E-state index contributed by atoms with van der Waals surface area (Å²) in [5.41, 5.74) is 14.4. The highest BCUT2D eigenvalue weighted by Gasteiger charge is 2.19. The highest BCUT2D eigenvalue weighted by Crippen LogP contribution is 2.33. The molecule has 3 heterocycles. The molecule has 0 saturated carbocycles. The van der Waals surface area contributed by atoms with Crippen LogP contribution in [0.25, 0.3) is 33.5 Å². The number of amides is 1. The number of anilines is 1. The van der Waals surface area contributed by atoms with Crippen LogP contribution in [0.2, 0.25) is 0 Å². The van der Waals surface area contributed by atoms with Gasteiger partial charge in [0.1, 0.15) is 17.8 Å². The monoisotopic (exact) mass is 527 g/mol. The van der Waals surface area contributed by atoms with Gasteiger partial charge in [-0.15, -0.1) is 11.3 Å². The Morgan fingerprint density at radius 2 is 1.92 bits per heavy atom. The molecule has 0 fully saturated rings. The predicted molar refractivity (Wildman–Crippen MR) is 152 cm³/mol. The number of nitrogen functional groups attached to an aromatic ring is 1. The van der Waals surface area contributed by atoms with Crippen LogP contribution in [0.15, 0.2) is 71.6 Å². The number of benzene rings is 2. The van der Waals surface area contributed by atoms with Gasteiger partial charge in [-0.05, 0) is 24.1 Å². The van der Waals surface area contributed by atoms with Crippen LogP contribution in [0, 0.1) is 0 Å². The number of aromatic nitrogens is 4. The van der Waals surface area contributed by atoms with Crippen LogP contribution in [0.5, 0.6) is 0 Å². The van der Waals surface area contributed by atoms with Crippen LogP contribution in [0.4, 0.5) is 10.6 Å². The highest BCUT2D eigenvalue weighted by atomic mass is 32.1. The summed E-state index contributed by atoms with van der Waals surface area (Å²) in [5.74, 6) is 1.14. The molecule has 0 spiro atoms. The van der Waals surface area contributed by atoms with Crippen LogP contribution < -0.4 is 16.4 Å².